The van der Waals surface area contributed by atoms with E-state index < -0.39 is 0 Å². The Kier molecular flexibility index (Phi) is 8.99. The lowest BCUT2D eigenvalue weighted by Gasteiger charge is -2.13. The summed E-state index contributed by atoms with van der Waals surface area (Å²) < 4.78 is 7.96. The van der Waals surface area contributed by atoms with Crippen LogP contribution in [0.4, 0.5) is 10.5 Å². The van der Waals surface area contributed by atoms with E-state index in [0.717, 1.165) is 42.8 Å². The molecule has 2 amide bonds. The maximum Gasteiger partial charge on any atom is 0.319 e. The third kappa shape index (κ3) is 6.50. The summed E-state index contributed by atoms with van der Waals surface area (Å²) in [6.45, 7) is 5.94. The fourth-order valence-electron chi connectivity index (χ4n) is 3.42. The van der Waals surface area contributed by atoms with Gasteiger partial charge < -0.3 is 19.9 Å². The number of para-hydroxylation sites is 2. The van der Waals surface area contributed by atoms with Gasteiger partial charge in [-0.3, -0.25) is 0 Å². The number of carbonyl (C=O) groups excluding carboxylic acids is 1. The summed E-state index contributed by atoms with van der Waals surface area (Å²) in [5.41, 5.74) is 2.46. The Bertz CT molecular complexity index is 1000. The Morgan fingerprint density at radius 3 is 2.59 bits per heavy atom. The van der Waals surface area contributed by atoms with E-state index in [4.69, 9.17) is 16.3 Å². The Hall–Kier alpha value is -2.99. The van der Waals surface area contributed by atoms with Crippen molar-refractivity contribution in [2.24, 2.45) is 0 Å². The van der Waals surface area contributed by atoms with Crippen LogP contribution < -0.4 is 15.4 Å². The number of rotatable bonds is 11. The standard InChI is InChI=1S/C25H31ClN4O2/c1-3-4-10-16-27-25(31)29-21-14-8-9-15-22(21)32-18-11-17-30-19(2)28-23(24(30)26)20-12-6-5-7-13-20/h5-9,12-15H,3-4,10-11,16-18H2,1-2H3,(H2,27,29,31). The summed E-state index contributed by atoms with van der Waals surface area (Å²) in [6.07, 6.45) is 3.96. The summed E-state index contributed by atoms with van der Waals surface area (Å²) >= 11 is 6.61. The molecule has 0 aliphatic rings. The minimum absolute atomic E-state index is 0.216. The van der Waals surface area contributed by atoms with Crippen LogP contribution in [0.2, 0.25) is 5.15 Å². The number of imidazole rings is 1. The second kappa shape index (κ2) is 12.2. The molecular formula is C25H31ClN4O2. The average molecular weight is 455 g/mol. The molecule has 2 aromatic carbocycles. The average Bonchev–Trinajstić information content (AvgIpc) is 3.09. The summed E-state index contributed by atoms with van der Waals surface area (Å²) in [4.78, 5) is 16.8. The van der Waals surface area contributed by atoms with Gasteiger partial charge in [-0.05, 0) is 31.9 Å². The number of aryl methyl sites for hydroxylation is 1. The number of carbonyl (C=O) groups is 1. The highest BCUT2D eigenvalue weighted by Crippen LogP contribution is 2.28. The number of urea groups is 1. The first-order valence-corrected chi connectivity index (χ1v) is 11.5. The summed E-state index contributed by atoms with van der Waals surface area (Å²) in [5, 5.41) is 6.39. The van der Waals surface area contributed by atoms with Crippen molar-refractivity contribution in [1.82, 2.24) is 14.9 Å². The van der Waals surface area contributed by atoms with Crippen LogP contribution in [0.3, 0.4) is 0 Å². The van der Waals surface area contributed by atoms with Crippen molar-refractivity contribution in [2.75, 3.05) is 18.5 Å². The first kappa shape index (κ1) is 23.7. The van der Waals surface area contributed by atoms with Gasteiger partial charge in [0.1, 0.15) is 22.4 Å². The van der Waals surface area contributed by atoms with Gasteiger partial charge in [-0.15, -0.1) is 0 Å². The summed E-state index contributed by atoms with van der Waals surface area (Å²) in [5.74, 6) is 1.52. The number of unbranched alkanes of at least 4 members (excludes halogenated alkanes) is 2. The zero-order valence-electron chi connectivity index (χ0n) is 18.7. The van der Waals surface area contributed by atoms with Crippen LogP contribution in [-0.4, -0.2) is 28.7 Å². The highest BCUT2D eigenvalue weighted by atomic mass is 35.5. The van der Waals surface area contributed by atoms with Gasteiger partial charge in [-0.2, -0.15) is 0 Å². The first-order chi connectivity index (χ1) is 15.6. The molecule has 0 aliphatic heterocycles. The van der Waals surface area contributed by atoms with Crippen LogP contribution in [0, 0.1) is 6.92 Å². The van der Waals surface area contributed by atoms with E-state index in [1.165, 1.54) is 0 Å². The molecule has 0 atom stereocenters. The predicted octanol–water partition coefficient (Wildman–Crippen LogP) is 6.29. The van der Waals surface area contributed by atoms with Crippen molar-refractivity contribution < 1.29 is 9.53 Å². The summed E-state index contributed by atoms with van der Waals surface area (Å²) in [6, 6.07) is 17.2. The molecule has 170 valence electrons. The third-order valence-corrected chi connectivity index (χ3v) is 5.51. The fourth-order valence-corrected chi connectivity index (χ4v) is 3.78. The zero-order chi connectivity index (χ0) is 22.8. The third-order valence-electron chi connectivity index (χ3n) is 5.13. The van der Waals surface area contributed by atoms with Gasteiger partial charge in [0.2, 0.25) is 0 Å². The second-order valence-corrected chi connectivity index (χ2v) is 7.96. The Morgan fingerprint density at radius 1 is 1.06 bits per heavy atom. The fraction of sp³-hybridized carbons (Fsp3) is 0.360. The first-order valence-electron chi connectivity index (χ1n) is 11.1. The molecule has 7 heteroatoms. The van der Waals surface area contributed by atoms with Gasteiger partial charge in [-0.1, -0.05) is 73.8 Å². The molecule has 3 aromatic rings. The Labute approximate surface area is 195 Å². The van der Waals surface area contributed by atoms with Crippen LogP contribution in [0.15, 0.2) is 54.6 Å². The molecule has 0 bridgehead atoms. The molecule has 0 saturated carbocycles. The van der Waals surface area contributed by atoms with Crippen molar-refractivity contribution in [1.29, 1.82) is 0 Å². The van der Waals surface area contributed by atoms with Crippen LogP contribution in [-0.2, 0) is 6.54 Å². The van der Waals surface area contributed by atoms with Gasteiger partial charge in [0.25, 0.3) is 0 Å². The van der Waals surface area contributed by atoms with Gasteiger partial charge in [0.15, 0.2) is 0 Å². The molecule has 2 N–H and O–H groups in total. The maximum atomic E-state index is 12.1. The molecule has 0 spiro atoms. The van der Waals surface area contributed by atoms with E-state index in [2.05, 4.69) is 22.5 Å². The molecule has 0 saturated heterocycles. The summed E-state index contributed by atoms with van der Waals surface area (Å²) in [7, 11) is 0. The number of nitrogens with zero attached hydrogens (tertiary/aromatic N) is 2. The molecule has 0 unspecified atom stereocenters. The molecule has 1 heterocycles. The van der Waals surface area contributed by atoms with Crippen LogP contribution >= 0.6 is 11.6 Å². The van der Waals surface area contributed by atoms with E-state index in [1.54, 1.807) is 0 Å². The van der Waals surface area contributed by atoms with Crippen molar-refractivity contribution in [3.63, 3.8) is 0 Å². The van der Waals surface area contributed by atoms with E-state index in [1.807, 2.05) is 66.1 Å². The lowest BCUT2D eigenvalue weighted by molar-refractivity contribution is 0.251. The number of halogens is 1. The van der Waals surface area contributed by atoms with Crippen molar-refractivity contribution >= 4 is 23.3 Å². The van der Waals surface area contributed by atoms with Crippen LogP contribution in [0.1, 0.15) is 38.4 Å². The number of amides is 2. The predicted molar refractivity (Wildman–Crippen MR) is 131 cm³/mol. The quantitative estimate of drug-likeness (QED) is 0.334. The molecule has 32 heavy (non-hydrogen) atoms. The Balaban J connectivity index is 1.52. The molecule has 0 radical (unpaired) electrons. The molecular weight excluding hydrogens is 424 g/mol. The maximum absolute atomic E-state index is 12.1. The van der Waals surface area contributed by atoms with E-state index in [0.29, 0.717) is 36.3 Å². The number of aromatic nitrogens is 2. The zero-order valence-corrected chi connectivity index (χ0v) is 19.5. The molecule has 6 nitrogen and oxygen atoms in total. The molecule has 0 fully saturated rings. The van der Waals surface area contributed by atoms with Crippen LogP contribution in [0.5, 0.6) is 5.75 Å². The van der Waals surface area contributed by atoms with E-state index in [-0.39, 0.29) is 6.03 Å². The van der Waals surface area contributed by atoms with Gasteiger partial charge in [-0.25, -0.2) is 9.78 Å². The normalized spacial score (nSPS) is 10.7. The van der Waals surface area contributed by atoms with Gasteiger partial charge in [0.05, 0.1) is 12.3 Å². The minimum Gasteiger partial charge on any atom is -0.491 e. The number of ether oxygens (including phenoxy) is 1. The smallest absolute Gasteiger partial charge is 0.319 e. The number of benzene rings is 2. The number of hydrogen-bond acceptors (Lipinski definition) is 3. The lowest BCUT2D eigenvalue weighted by atomic mass is 10.2. The van der Waals surface area contributed by atoms with Crippen molar-refractivity contribution in [3.8, 4) is 17.0 Å². The highest BCUT2D eigenvalue weighted by Gasteiger charge is 2.14. The van der Waals surface area contributed by atoms with Gasteiger partial charge >= 0.3 is 6.03 Å². The largest absolute Gasteiger partial charge is 0.491 e. The lowest BCUT2D eigenvalue weighted by Crippen LogP contribution is -2.29. The van der Waals surface area contributed by atoms with E-state index in [9.17, 15) is 4.79 Å². The molecule has 3 rings (SSSR count). The monoisotopic (exact) mass is 454 g/mol. The van der Waals surface area contributed by atoms with Gasteiger partial charge in [0, 0.05) is 18.7 Å². The van der Waals surface area contributed by atoms with Crippen molar-refractivity contribution in [2.45, 2.75) is 46.1 Å². The number of nitrogens with one attached hydrogen (secondary N) is 2. The Morgan fingerprint density at radius 2 is 1.81 bits per heavy atom. The number of anilines is 1. The minimum atomic E-state index is -0.216. The number of hydrogen-bond donors (Lipinski definition) is 2. The highest BCUT2D eigenvalue weighted by molar-refractivity contribution is 6.32. The molecule has 0 aliphatic carbocycles. The van der Waals surface area contributed by atoms with Crippen molar-refractivity contribution in [3.05, 3.63) is 65.6 Å². The van der Waals surface area contributed by atoms with Crippen LogP contribution in [0.25, 0.3) is 11.3 Å². The second-order valence-electron chi connectivity index (χ2n) is 7.60. The topological polar surface area (TPSA) is 68.2 Å². The SMILES string of the molecule is CCCCCNC(=O)Nc1ccccc1OCCCn1c(C)nc(-c2ccccc2)c1Cl. The molecule has 1 aromatic heterocycles. The van der Waals surface area contributed by atoms with E-state index >= 15 is 0 Å².